The lowest BCUT2D eigenvalue weighted by Gasteiger charge is -2.35. The molecule has 5 nitrogen and oxygen atoms in total. The van der Waals surface area contributed by atoms with E-state index in [0.29, 0.717) is 49.7 Å². The Kier molecular flexibility index (Phi) is 8.12. The van der Waals surface area contributed by atoms with E-state index in [0.717, 1.165) is 0 Å². The van der Waals surface area contributed by atoms with Crippen LogP contribution in [0.25, 0.3) is 0 Å². The van der Waals surface area contributed by atoms with Gasteiger partial charge in [0.2, 0.25) is 5.91 Å². The molecule has 0 atom stereocenters. The highest BCUT2D eigenvalue weighted by Gasteiger charge is 2.25. The number of amides is 2. The van der Waals surface area contributed by atoms with E-state index in [9.17, 15) is 9.59 Å². The molecule has 1 aliphatic heterocycles. The number of piperazine rings is 1. The molecule has 0 unspecified atom stereocenters. The summed E-state index contributed by atoms with van der Waals surface area (Å²) in [5.41, 5.74) is 0.407. The third kappa shape index (κ3) is 4.98. The molecule has 128 valence electrons. The Morgan fingerprint density at radius 3 is 2.35 bits per heavy atom. The topological polar surface area (TPSA) is 52.7 Å². The summed E-state index contributed by atoms with van der Waals surface area (Å²) in [6.45, 7) is 2.77. The Hall–Kier alpha value is -1.01. The summed E-state index contributed by atoms with van der Waals surface area (Å²) >= 11 is 12.0. The number of benzene rings is 1. The van der Waals surface area contributed by atoms with Crippen molar-refractivity contribution in [1.29, 1.82) is 0 Å². The molecular weight excluding hydrogens is 361 g/mol. The number of nitrogens with zero attached hydrogens (tertiary/aromatic N) is 2. The smallest absolute Gasteiger partial charge is 0.255 e. The van der Waals surface area contributed by atoms with Crippen LogP contribution < -0.4 is 5.32 Å². The summed E-state index contributed by atoms with van der Waals surface area (Å²) in [5, 5.41) is 3.61. The van der Waals surface area contributed by atoms with E-state index >= 15 is 0 Å². The first-order valence-corrected chi connectivity index (χ1v) is 7.96. The SMILES string of the molecule is CNCCC(=O)N1CCN(C(=O)c2cccc(Cl)c2Cl)CC1.Cl. The van der Waals surface area contributed by atoms with Gasteiger partial charge in [-0.15, -0.1) is 12.4 Å². The predicted octanol–water partition coefficient (Wildman–Crippen LogP) is 2.31. The monoisotopic (exact) mass is 379 g/mol. The molecule has 8 heteroatoms. The maximum absolute atomic E-state index is 12.5. The van der Waals surface area contributed by atoms with Crippen LogP contribution in [0.3, 0.4) is 0 Å². The molecule has 0 aliphatic carbocycles. The summed E-state index contributed by atoms with van der Waals surface area (Å²) in [5.74, 6) is -0.0305. The van der Waals surface area contributed by atoms with E-state index < -0.39 is 0 Å². The standard InChI is InChI=1S/C15H19Cl2N3O2.ClH/c1-18-6-5-13(21)19-7-9-20(10-8-19)15(22)11-3-2-4-12(16)14(11)17;/h2-4,18H,5-10H2,1H3;1H. The molecular formula is C15H20Cl3N3O2. The largest absolute Gasteiger partial charge is 0.339 e. The zero-order chi connectivity index (χ0) is 16.1. The van der Waals surface area contributed by atoms with Gasteiger partial charge in [0, 0.05) is 39.1 Å². The quantitative estimate of drug-likeness (QED) is 0.872. The van der Waals surface area contributed by atoms with Crippen molar-refractivity contribution in [3.05, 3.63) is 33.8 Å². The minimum Gasteiger partial charge on any atom is -0.339 e. The van der Waals surface area contributed by atoms with Gasteiger partial charge in [0.1, 0.15) is 0 Å². The van der Waals surface area contributed by atoms with Gasteiger partial charge in [-0.05, 0) is 19.2 Å². The van der Waals surface area contributed by atoms with Crippen LogP contribution in [-0.4, -0.2) is 61.4 Å². The molecule has 0 radical (unpaired) electrons. The molecule has 1 N–H and O–H groups in total. The van der Waals surface area contributed by atoms with Crippen LogP contribution in [0.2, 0.25) is 10.0 Å². The Morgan fingerprint density at radius 1 is 1.13 bits per heavy atom. The molecule has 0 spiro atoms. The minimum atomic E-state index is -0.144. The first kappa shape index (κ1) is 20.0. The summed E-state index contributed by atoms with van der Waals surface area (Å²) in [4.78, 5) is 27.9. The highest BCUT2D eigenvalue weighted by molar-refractivity contribution is 6.43. The molecule has 0 bridgehead atoms. The molecule has 23 heavy (non-hydrogen) atoms. The van der Waals surface area contributed by atoms with Crippen LogP contribution in [0.5, 0.6) is 0 Å². The van der Waals surface area contributed by atoms with E-state index in [1.165, 1.54) is 0 Å². The summed E-state index contributed by atoms with van der Waals surface area (Å²) in [6, 6.07) is 5.03. The average Bonchev–Trinajstić information content (AvgIpc) is 2.54. The van der Waals surface area contributed by atoms with Crippen LogP contribution >= 0.6 is 35.6 Å². The number of hydrogen-bond acceptors (Lipinski definition) is 3. The van der Waals surface area contributed by atoms with Gasteiger partial charge >= 0.3 is 0 Å². The number of hydrogen-bond donors (Lipinski definition) is 1. The average molecular weight is 381 g/mol. The number of carbonyl (C=O) groups excluding carboxylic acids is 2. The first-order chi connectivity index (χ1) is 10.5. The van der Waals surface area contributed by atoms with Crippen LogP contribution in [0.15, 0.2) is 18.2 Å². The number of rotatable bonds is 4. The van der Waals surface area contributed by atoms with Crippen molar-refractivity contribution < 1.29 is 9.59 Å². The predicted molar refractivity (Wildman–Crippen MR) is 94.7 cm³/mol. The fourth-order valence-electron chi connectivity index (χ4n) is 2.39. The summed E-state index contributed by atoms with van der Waals surface area (Å²) < 4.78 is 0. The molecule has 0 saturated carbocycles. The first-order valence-electron chi connectivity index (χ1n) is 7.20. The lowest BCUT2D eigenvalue weighted by Crippen LogP contribution is -2.50. The molecule has 1 aliphatic rings. The van der Waals surface area contributed by atoms with Crippen molar-refractivity contribution in [2.75, 3.05) is 39.8 Å². The van der Waals surface area contributed by atoms with E-state index in [4.69, 9.17) is 23.2 Å². The molecule has 2 amide bonds. The minimum absolute atomic E-state index is 0. The van der Waals surface area contributed by atoms with Gasteiger partial charge in [0.15, 0.2) is 0 Å². The van der Waals surface area contributed by atoms with E-state index in [-0.39, 0.29) is 29.2 Å². The van der Waals surface area contributed by atoms with Gasteiger partial charge in [-0.3, -0.25) is 9.59 Å². The van der Waals surface area contributed by atoms with Crippen LogP contribution in [-0.2, 0) is 4.79 Å². The van der Waals surface area contributed by atoms with Crippen molar-refractivity contribution in [2.45, 2.75) is 6.42 Å². The highest BCUT2D eigenvalue weighted by atomic mass is 35.5. The fraction of sp³-hybridized carbons (Fsp3) is 0.467. The Labute approximate surface area is 152 Å². The maximum atomic E-state index is 12.5. The third-order valence-electron chi connectivity index (χ3n) is 3.69. The molecule has 1 aromatic carbocycles. The lowest BCUT2D eigenvalue weighted by atomic mass is 10.1. The van der Waals surface area contributed by atoms with E-state index in [2.05, 4.69) is 5.32 Å². The van der Waals surface area contributed by atoms with Crippen LogP contribution in [0.1, 0.15) is 16.8 Å². The van der Waals surface area contributed by atoms with Gasteiger partial charge < -0.3 is 15.1 Å². The molecule has 1 aromatic rings. The second kappa shape index (κ2) is 9.33. The Morgan fingerprint density at radius 2 is 1.74 bits per heavy atom. The van der Waals surface area contributed by atoms with E-state index in [1.54, 1.807) is 28.0 Å². The lowest BCUT2D eigenvalue weighted by molar-refractivity contribution is -0.132. The molecule has 1 heterocycles. The van der Waals surface area contributed by atoms with Crippen molar-refractivity contribution in [1.82, 2.24) is 15.1 Å². The number of halogens is 3. The molecule has 1 saturated heterocycles. The van der Waals surface area contributed by atoms with Crippen LogP contribution in [0.4, 0.5) is 0 Å². The zero-order valence-corrected chi connectivity index (χ0v) is 15.2. The van der Waals surface area contributed by atoms with Gasteiger partial charge in [0.25, 0.3) is 5.91 Å². The van der Waals surface area contributed by atoms with Gasteiger partial charge in [-0.25, -0.2) is 0 Å². The number of nitrogens with one attached hydrogen (secondary N) is 1. The summed E-state index contributed by atoms with van der Waals surface area (Å²) in [6.07, 6.45) is 0.477. The van der Waals surface area contributed by atoms with Crippen molar-refractivity contribution in [3.8, 4) is 0 Å². The van der Waals surface area contributed by atoms with Crippen molar-refractivity contribution in [2.24, 2.45) is 0 Å². The van der Waals surface area contributed by atoms with Crippen molar-refractivity contribution in [3.63, 3.8) is 0 Å². The third-order valence-corrected chi connectivity index (χ3v) is 4.51. The van der Waals surface area contributed by atoms with Crippen molar-refractivity contribution >= 4 is 47.4 Å². The molecule has 0 aromatic heterocycles. The normalized spacial score (nSPS) is 14.4. The van der Waals surface area contributed by atoms with Gasteiger partial charge in [-0.1, -0.05) is 29.3 Å². The second-order valence-corrected chi connectivity index (χ2v) is 5.91. The van der Waals surface area contributed by atoms with Crippen LogP contribution in [0, 0.1) is 0 Å². The second-order valence-electron chi connectivity index (χ2n) is 5.13. The summed E-state index contributed by atoms with van der Waals surface area (Å²) in [7, 11) is 1.82. The van der Waals surface area contributed by atoms with Gasteiger partial charge in [-0.2, -0.15) is 0 Å². The van der Waals surface area contributed by atoms with Gasteiger partial charge in [0.05, 0.1) is 15.6 Å². The maximum Gasteiger partial charge on any atom is 0.255 e. The zero-order valence-electron chi connectivity index (χ0n) is 12.8. The Bertz CT molecular complexity index is 561. The number of carbonyl (C=O) groups is 2. The van der Waals surface area contributed by atoms with E-state index in [1.807, 2.05) is 7.05 Å². The fourth-order valence-corrected chi connectivity index (χ4v) is 2.77. The Balaban J connectivity index is 0.00000264. The molecule has 1 fully saturated rings. The molecule has 2 rings (SSSR count). The highest BCUT2D eigenvalue weighted by Crippen LogP contribution is 2.26.